The van der Waals surface area contributed by atoms with Crippen molar-refractivity contribution in [3.05, 3.63) is 95.1 Å². The first-order chi connectivity index (χ1) is 20.9. The highest BCUT2D eigenvalue weighted by Gasteiger charge is 2.38. The molecule has 1 saturated heterocycles. The molecule has 222 valence electrons. The molecule has 0 aliphatic carbocycles. The normalized spacial score (nSPS) is 18.3. The van der Waals surface area contributed by atoms with Gasteiger partial charge in [-0.1, -0.05) is 66.2 Å². The Hall–Kier alpha value is -4.08. The molecule has 3 heterocycles. The van der Waals surface area contributed by atoms with Gasteiger partial charge in [0.15, 0.2) is 0 Å². The van der Waals surface area contributed by atoms with E-state index in [9.17, 15) is 9.59 Å². The van der Waals surface area contributed by atoms with Gasteiger partial charge in [-0.2, -0.15) is 5.10 Å². The number of aryl methyl sites for hydroxylation is 2. The summed E-state index contributed by atoms with van der Waals surface area (Å²) in [6, 6.07) is 24.1. The van der Waals surface area contributed by atoms with Gasteiger partial charge in [0.2, 0.25) is 11.8 Å². The number of hydrogen-bond donors (Lipinski definition) is 1. The molecule has 1 aromatic heterocycles. The number of anilines is 1. The van der Waals surface area contributed by atoms with E-state index in [-0.39, 0.29) is 35.5 Å². The smallest absolute Gasteiger partial charge is 0.240 e. The number of hydrogen-bond acceptors (Lipinski definition) is 6. The Labute approximate surface area is 256 Å². The van der Waals surface area contributed by atoms with E-state index >= 15 is 0 Å². The van der Waals surface area contributed by atoms with Crippen molar-refractivity contribution in [2.45, 2.75) is 38.0 Å². The zero-order valence-corrected chi connectivity index (χ0v) is 25.5. The van der Waals surface area contributed by atoms with Crippen LogP contribution >= 0.6 is 11.8 Å². The summed E-state index contributed by atoms with van der Waals surface area (Å²) in [7, 11) is 1.66. The molecule has 2 amide bonds. The number of carbonyl (C=O) groups is 2. The van der Waals surface area contributed by atoms with E-state index in [0.29, 0.717) is 19.0 Å². The second kappa shape index (κ2) is 12.7. The van der Waals surface area contributed by atoms with E-state index in [1.165, 1.54) is 11.8 Å². The third-order valence-corrected chi connectivity index (χ3v) is 9.23. The molecule has 0 spiro atoms. The van der Waals surface area contributed by atoms with Crippen molar-refractivity contribution in [3.63, 3.8) is 0 Å². The topological polar surface area (TPSA) is 85.7 Å². The summed E-state index contributed by atoms with van der Waals surface area (Å²) in [5.74, 6) is 1.15. The Morgan fingerprint density at radius 1 is 1.09 bits per heavy atom. The van der Waals surface area contributed by atoms with Crippen LogP contribution in [-0.2, 0) is 14.3 Å². The first-order valence-corrected chi connectivity index (χ1v) is 15.7. The Morgan fingerprint density at radius 3 is 2.63 bits per heavy atom. The second-order valence-electron chi connectivity index (χ2n) is 11.0. The lowest BCUT2D eigenvalue weighted by Gasteiger charge is -2.24. The highest BCUT2D eigenvalue weighted by Crippen LogP contribution is 2.50. The molecular formula is C34H36N4O4S. The van der Waals surface area contributed by atoms with Crippen molar-refractivity contribution < 1.29 is 19.1 Å². The molecular weight excluding hydrogens is 560 g/mol. The highest BCUT2D eigenvalue weighted by molar-refractivity contribution is 8.00. The van der Waals surface area contributed by atoms with Crippen molar-refractivity contribution in [2.75, 3.05) is 37.5 Å². The highest BCUT2D eigenvalue weighted by atomic mass is 32.2. The fourth-order valence-corrected chi connectivity index (χ4v) is 7.12. The van der Waals surface area contributed by atoms with Gasteiger partial charge in [0.05, 0.1) is 35.6 Å². The molecule has 0 unspecified atom stereocenters. The molecule has 2 aliphatic heterocycles. The van der Waals surface area contributed by atoms with Crippen LogP contribution in [0.25, 0.3) is 16.9 Å². The summed E-state index contributed by atoms with van der Waals surface area (Å²) < 4.78 is 13.4. The number of ether oxygens (including phenoxy) is 2. The summed E-state index contributed by atoms with van der Waals surface area (Å²) in [4.78, 5) is 29.0. The van der Waals surface area contributed by atoms with Crippen LogP contribution in [0.4, 0.5) is 5.82 Å². The maximum absolute atomic E-state index is 14.0. The van der Waals surface area contributed by atoms with Gasteiger partial charge in [-0.25, -0.2) is 4.68 Å². The van der Waals surface area contributed by atoms with Gasteiger partial charge in [0, 0.05) is 29.8 Å². The molecule has 0 radical (unpaired) electrons. The minimum Gasteiger partial charge on any atom is -0.496 e. The molecule has 2 aliphatic rings. The number of thioether (sulfide) groups is 1. The third kappa shape index (κ3) is 5.92. The predicted octanol–water partition coefficient (Wildman–Crippen LogP) is 5.63. The Kier molecular flexibility index (Phi) is 8.54. The lowest BCUT2D eigenvalue weighted by molar-refractivity contribution is -0.123. The number of aromatic nitrogens is 2. The van der Waals surface area contributed by atoms with Crippen LogP contribution in [0.1, 0.15) is 40.3 Å². The molecule has 0 saturated carbocycles. The van der Waals surface area contributed by atoms with Crippen molar-refractivity contribution >= 4 is 29.4 Å². The van der Waals surface area contributed by atoms with Crippen molar-refractivity contribution in [2.24, 2.45) is 0 Å². The van der Waals surface area contributed by atoms with Crippen LogP contribution in [0, 0.1) is 13.8 Å². The van der Waals surface area contributed by atoms with Crippen LogP contribution in [-0.4, -0.2) is 60.3 Å². The Balaban J connectivity index is 1.55. The minimum atomic E-state index is -0.273. The van der Waals surface area contributed by atoms with E-state index in [4.69, 9.17) is 14.6 Å². The fraction of sp³-hybridized carbons (Fsp3) is 0.324. The van der Waals surface area contributed by atoms with E-state index in [1.54, 1.807) is 12.0 Å². The first-order valence-electron chi connectivity index (χ1n) is 14.6. The first kappa shape index (κ1) is 29.0. The number of benzene rings is 3. The van der Waals surface area contributed by atoms with Crippen LogP contribution in [0.5, 0.6) is 5.75 Å². The molecule has 6 rings (SSSR count). The van der Waals surface area contributed by atoms with Gasteiger partial charge in [0.25, 0.3) is 0 Å². The molecule has 1 N–H and O–H groups in total. The average Bonchev–Trinajstić information content (AvgIpc) is 3.65. The quantitative estimate of drug-likeness (QED) is 0.284. The maximum Gasteiger partial charge on any atom is 0.240 e. The maximum atomic E-state index is 14.0. The van der Waals surface area contributed by atoms with Gasteiger partial charge < -0.3 is 14.8 Å². The van der Waals surface area contributed by atoms with E-state index in [2.05, 4.69) is 18.3 Å². The molecule has 9 heteroatoms. The molecule has 43 heavy (non-hydrogen) atoms. The summed E-state index contributed by atoms with van der Waals surface area (Å²) in [5, 5.41) is 7.95. The van der Waals surface area contributed by atoms with E-state index in [1.807, 2.05) is 78.3 Å². The monoisotopic (exact) mass is 596 g/mol. The van der Waals surface area contributed by atoms with Crippen molar-refractivity contribution in [1.29, 1.82) is 0 Å². The third-order valence-electron chi connectivity index (χ3n) is 7.99. The van der Waals surface area contributed by atoms with Crippen molar-refractivity contribution in [3.8, 4) is 22.7 Å². The number of methoxy groups -OCH3 is 1. The van der Waals surface area contributed by atoms with Crippen LogP contribution < -0.4 is 15.0 Å². The Morgan fingerprint density at radius 2 is 1.88 bits per heavy atom. The molecule has 2 atom stereocenters. The lowest BCUT2D eigenvalue weighted by atomic mass is 9.99. The van der Waals surface area contributed by atoms with Gasteiger partial charge in [-0.05, 0) is 44.4 Å². The van der Waals surface area contributed by atoms with Crippen LogP contribution in [0.15, 0.2) is 72.8 Å². The molecule has 4 aromatic rings. The second-order valence-corrected chi connectivity index (χ2v) is 12.1. The number of amides is 2. The largest absolute Gasteiger partial charge is 0.496 e. The number of rotatable bonds is 8. The standard InChI is InChI=1S/C34H36N4O4S/c1-22-15-16-27(23(2)18-22)38-34-31(32(36-38)24-10-5-4-6-11-24)33(26-13-7-8-14-28(26)41-3)43-21-30(40)37(34)20-29(39)35-19-25-12-9-17-42-25/h4-8,10-11,13-16,18,25,33H,9,12,17,19-21H2,1-3H3,(H,35,39)/t25-,33-/m0/s1. The van der Waals surface area contributed by atoms with Gasteiger partial charge in [-0.15, -0.1) is 11.8 Å². The van der Waals surface area contributed by atoms with Gasteiger partial charge in [0.1, 0.15) is 18.1 Å². The predicted molar refractivity (Wildman–Crippen MR) is 170 cm³/mol. The number of nitrogens with zero attached hydrogens (tertiary/aromatic N) is 3. The van der Waals surface area contributed by atoms with E-state index < -0.39 is 0 Å². The minimum absolute atomic E-state index is 0.00949. The van der Waals surface area contributed by atoms with Crippen LogP contribution in [0.3, 0.4) is 0 Å². The fourth-order valence-electron chi connectivity index (χ4n) is 5.90. The number of fused-ring (bicyclic) bond motifs is 1. The van der Waals surface area contributed by atoms with E-state index in [0.717, 1.165) is 57.8 Å². The summed E-state index contributed by atoms with van der Waals surface area (Å²) in [6.45, 7) is 5.12. The molecule has 3 aromatic carbocycles. The van der Waals surface area contributed by atoms with Gasteiger partial charge >= 0.3 is 0 Å². The number of nitrogens with one attached hydrogen (secondary N) is 1. The van der Waals surface area contributed by atoms with Crippen molar-refractivity contribution in [1.82, 2.24) is 15.1 Å². The summed E-state index contributed by atoms with van der Waals surface area (Å²) >= 11 is 1.53. The van der Waals surface area contributed by atoms with Crippen LogP contribution in [0.2, 0.25) is 0 Å². The summed E-state index contributed by atoms with van der Waals surface area (Å²) in [6.07, 6.45) is 1.92. The summed E-state index contributed by atoms with van der Waals surface area (Å²) in [5.41, 5.74) is 6.52. The molecule has 1 fully saturated rings. The lowest BCUT2D eigenvalue weighted by Crippen LogP contribution is -2.44. The number of carbonyl (C=O) groups excluding carboxylic acids is 2. The Bertz CT molecular complexity index is 1630. The SMILES string of the molecule is COc1ccccc1[C@@H]1SCC(=O)N(CC(=O)NC[C@@H]2CCCO2)c2c1c(-c1ccccc1)nn2-c1ccc(C)cc1C. The molecule has 0 bridgehead atoms. The zero-order valence-electron chi connectivity index (χ0n) is 24.7. The number of para-hydroxylation sites is 1. The van der Waals surface area contributed by atoms with Gasteiger partial charge in [-0.3, -0.25) is 14.5 Å². The average molecular weight is 597 g/mol. The molecule has 8 nitrogen and oxygen atoms in total. The zero-order chi connectivity index (χ0) is 29.9.